The van der Waals surface area contributed by atoms with Gasteiger partial charge in [0.1, 0.15) is 12.2 Å². The molecule has 124 valence electrons. The van der Waals surface area contributed by atoms with Gasteiger partial charge in [-0.3, -0.25) is 19.8 Å². The molecule has 0 radical (unpaired) electrons. The molecular weight excluding hydrogens is 307 g/mol. The van der Waals surface area contributed by atoms with Gasteiger partial charge in [0.15, 0.2) is 0 Å². The number of H-pyrrole nitrogens is 1. The fourth-order valence-electron chi connectivity index (χ4n) is 3.37. The van der Waals surface area contributed by atoms with Crippen LogP contribution in [0, 0.1) is 0 Å². The fraction of sp³-hybridized carbons (Fsp3) is 0.333. The van der Waals surface area contributed by atoms with E-state index in [0.717, 1.165) is 36.3 Å². The van der Waals surface area contributed by atoms with Gasteiger partial charge in [0.05, 0.1) is 5.56 Å². The number of aromatic nitrogens is 3. The molecule has 5 nitrogen and oxygen atoms in total. The van der Waals surface area contributed by atoms with Gasteiger partial charge in [0.25, 0.3) is 5.56 Å². The van der Waals surface area contributed by atoms with Crippen molar-refractivity contribution in [2.45, 2.75) is 31.7 Å². The molecule has 0 spiro atoms. The molecule has 24 heavy (non-hydrogen) atoms. The van der Waals surface area contributed by atoms with Gasteiger partial charge in [-0.1, -0.05) is 24.3 Å². The summed E-state index contributed by atoms with van der Waals surface area (Å²) >= 11 is 0. The topological polar surface area (TPSA) is 53.9 Å². The third kappa shape index (κ3) is 2.73. The Morgan fingerprint density at radius 2 is 2.21 bits per heavy atom. The van der Waals surface area contributed by atoms with E-state index in [1.807, 2.05) is 18.3 Å². The molecule has 0 bridgehead atoms. The number of pyridine rings is 1. The number of nitrogens with zero attached hydrogens (tertiary/aromatic N) is 3. The van der Waals surface area contributed by atoms with Crippen molar-refractivity contribution in [3.05, 3.63) is 76.0 Å². The number of nitrogens with one attached hydrogen (secondary N) is 1. The van der Waals surface area contributed by atoms with Crippen LogP contribution in [-0.4, -0.2) is 32.4 Å². The van der Waals surface area contributed by atoms with Gasteiger partial charge in [0, 0.05) is 44.1 Å². The summed E-state index contributed by atoms with van der Waals surface area (Å²) in [6, 6.07) is 3.36. The van der Waals surface area contributed by atoms with E-state index in [-0.39, 0.29) is 5.56 Å². The fourth-order valence-corrected chi connectivity index (χ4v) is 3.37. The van der Waals surface area contributed by atoms with Crippen LogP contribution in [0.5, 0.6) is 0 Å². The molecule has 0 fully saturated rings. The SMILES string of the molecule is O=c1c2c([nH]n1C1C=CC=CC1F)CCN(Cc1cccnc1)C2. The first-order valence-electron chi connectivity index (χ1n) is 8.15. The number of rotatable bonds is 3. The Hall–Kier alpha value is -2.47. The van der Waals surface area contributed by atoms with Crippen molar-refractivity contribution in [1.82, 2.24) is 19.7 Å². The van der Waals surface area contributed by atoms with E-state index in [9.17, 15) is 9.18 Å². The lowest BCUT2D eigenvalue weighted by atomic mass is 10.1. The van der Waals surface area contributed by atoms with Gasteiger partial charge in [-0.05, 0) is 17.7 Å². The summed E-state index contributed by atoms with van der Waals surface area (Å²) in [7, 11) is 0. The van der Waals surface area contributed by atoms with E-state index >= 15 is 0 Å². The van der Waals surface area contributed by atoms with E-state index in [4.69, 9.17) is 0 Å². The van der Waals surface area contributed by atoms with E-state index in [0.29, 0.717) is 6.54 Å². The first-order valence-corrected chi connectivity index (χ1v) is 8.15. The van der Waals surface area contributed by atoms with Gasteiger partial charge in [-0.2, -0.15) is 0 Å². The minimum Gasteiger partial charge on any atom is -0.299 e. The van der Waals surface area contributed by atoms with Crippen molar-refractivity contribution in [1.29, 1.82) is 0 Å². The number of aromatic amines is 1. The summed E-state index contributed by atoms with van der Waals surface area (Å²) in [5, 5.41) is 3.13. The molecular formula is C18H19FN4O. The lowest BCUT2D eigenvalue weighted by Crippen LogP contribution is -2.33. The standard InChI is InChI=1S/C18H19FN4O/c19-15-5-1-2-6-17(15)23-18(24)14-12-22(9-7-16(14)21-23)11-13-4-3-8-20-10-13/h1-6,8,10,15,17,21H,7,9,11-12H2. The number of hydrogen-bond donors (Lipinski definition) is 1. The van der Waals surface area contributed by atoms with Gasteiger partial charge in [-0.25, -0.2) is 9.07 Å². The Bertz CT molecular complexity index is 836. The molecule has 2 aromatic rings. The maximum absolute atomic E-state index is 14.1. The van der Waals surface area contributed by atoms with Crippen molar-refractivity contribution in [2.24, 2.45) is 0 Å². The van der Waals surface area contributed by atoms with E-state index in [1.165, 1.54) is 10.8 Å². The predicted molar refractivity (Wildman–Crippen MR) is 89.3 cm³/mol. The smallest absolute Gasteiger partial charge is 0.271 e. The van der Waals surface area contributed by atoms with Crippen LogP contribution in [-0.2, 0) is 19.5 Å². The molecule has 1 aliphatic carbocycles. The summed E-state index contributed by atoms with van der Waals surface area (Å²) in [5.41, 5.74) is 2.69. The van der Waals surface area contributed by atoms with Crippen molar-refractivity contribution in [3.8, 4) is 0 Å². The average molecular weight is 326 g/mol. The predicted octanol–water partition coefficient (Wildman–Crippen LogP) is 2.13. The molecule has 0 saturated heterocycles. The van der Waals surface area contributed by atoms with Crippen LogP contribution in [0.2, 0.25) is 0 Å². The van der Waals surface area contributed by atoms with Crippen LogP contribution in [0.3, 0.4) is 0 Å². The van der Waals surface area contributed by atoms with Crippen LogP contribution in [0.25, 0.3) is 0 Å². The molecule has 1 N–H and O–H groups in total. The highest BCUT2D eigenvalue weighted by Gasteiger charge is 2.28. The Kier molecular flexibility index (Phi) is 3.90. The third-order valence-electron chi connectivity index (χ3n) is 4.62. The Labute approximate surface area is 139 Å². The van der Waals surface area contributed by atoms with Gasteiger partial charge >= 0.3 is 0 Å². The second-order valence-corrected chi connectivity index (χ2v) is 6.27. The third-order valence-corrected chi connectivity index (χ3v) is 4.62. The van der Waals surface area contributed by atoms with Crippen LogP contribution in [0.15, 0.2) is 53.6 Å². The maximum atomic E-state index is 14.1. The number of halogens is 1. The lowest BCUT2D eigenvalue weighted by molar-refractivity contribution is 0.244. The van der Waals surface area contributed by atoms with Crippen molar-refractivity contribution < 1.29 is 4.39 Å². The quantitative estimate of drug-likeness (QED) is 0.940. The zero-order chi connectivity index (χ0) is 16.5. The van der Waals surface area contributed by atoms with Crippen molar-refractivity contribution in [3.63, 3.8) is 0 Å². The number of allylic oxidation sites excluding steroid dienone is 4. The number of fused-ring (bicyclic) bond motifs is 1. The molecule has 0 aromatic carbocycles. The highest BCUT2D eigenvalue weighted by Crippen LogP contribution is 2.22. The van der Waals surface area contributed by atoms with Crippen molar-refractivity contribution in [2.75, 3.05) is 6.54 Å². The summed E-state index contributed by atoms with van der Waals surface area (Å²) < 4.78 is 15.5. The Morgan fingerprint density at radius 1 is 1.33 bits per heavy atom. The molecule has 2 aliphatic rings. The van der Waals surface area contributed by atoms with Crippen molar-refractivity contribution >= 4 is 0 Å². The molecule has 0 saturated carbocycles. The van der Waals surface area contributed by atoms with Gasteiger partial charge < -0.3 is 0 Å². The molecule has 0 amide bonds. The summed E-state index contributed by atoms with van der Waals surface area (Å²) in [6.07, 6.45) is 9.83. The largest absolute Gasteiger partial charge is 0.299 e. The zero-order valence-electron chi connectivity index (χ0n) is 13.2. The molecule has 6 heteroatoms. The minimum absolute atomic E-state index is 0.117. The molecule has 1 aliphatic heterocycles. The maximum Gasteiger partial charge on any atom is 0.271 e. The molecule has 2 aromatic heterocycles. The van der Waals surface area contributed by atoms with Gasteiger partial charge in [-0.15, -0.1) is 0 Å². The van der Waals surface area contributed by atoms with E-state index in [1.54, 1.807) is 24.4 Å². The van der Waals surface area contributed by atoms with Crippen LogP contribution >= 0.6 is 0 Å². The average Bonchev–Trinajstić information content (AvgIpc) is 2.93. The number of hydrogen-bond acceptors (Lipinski definition) is 3. The summed E-state index contributed by atoms with van der Waals surface area (Å²) in [6.45, 7) is 2.20. The van der Waals surface area contributed by atoms with Crippen LogP contribution in [0.4, 0.5) is 4.39 Å². The first kappa shape index (κ1) is 15.1. The van der Waals surface area contributed by atoms with E-state index in [2.05, 4.69) is 15.0 Å². The first-order chi connectivity index (χ1) is 11.7. The highest BCUT2D eigenvalue weighted by atomic mass is 19.1. The summed E-state index contributed by atoms with van der Waals surface area (Å²) in [4.78, 5) is 19.1. The summed E-state index contributed by atoms with van der Waals surface area (Å²) in [5.74, 6) is 0. The second-order valence-electron chi connectivity index (χ2n) is 6.27. The Morgan fingerprint density at radius 3 is 3.00 bits per heavy atom. The second kappa shape index (κ2) is 6.20. The molecule has 2 atom stereocenters. The monoisotopic (exact) mass is 326 g/mol. The lowest BCUT2D eigenvalue weighted by Gasteiger charge is -2.25. The van der Waals surface area contributed by atoms with E-state index < -0.39 is 12.2 Å². The normalized spacial score (nSPS) is 23.4. The molecule has 4 rings (SSSR count). The molecule has 3 heterocycles. The minimum atomic E-state index is -1.18. The number of alkyl halides is 1. The van der Waals surface area contributed by atoms with Gasteiger partial charge in [0.2, 0.25) is 0 Å². The highest BCUT2D eigenvalue weighted by molar-refractivity contribution is 5.24. The van der Waals surface area contributed by atoms with Crippen LogP contribution < -0.4 is 5.56 Å². The Balaban J connectivity index is 1.57. The molecule has 2 unspecified atom stereocenters. The van der Waals surface area contributed by atoms with Crippen LogP contribution in [0.1, 0.15) is 22.9 Å². The zero-order valence-corrected chi connectivity index (χ0v) is 13.2.